The summed E-state index contributed by atoms with van der Waals surface area (Å²) in [5.74, 6) is 1.44. The van der Waals surface area contributed by atoms with Gasteiger partial charge in [-0.1, -0.05) is 29.4 Å². The van der Waals surface area contributed by atoms with Gasteiger partial charge in [0.05, 0.1) is 0 Å². The van der Waals surface area contributed by atoms with Crippen molar-refractivity contribution in [1.82, 2.24) is 0 Å². The Bertz CT molecular complexity index is 425. The highest BCUT2D eigenvalue weighted by atomic mass is 35.5. The minimum absolute atomic E-state index is 0.545. The van der Waals surface area contributed by atoms with E-state index in [0.29, 0.717) is 12.5 Å². The van der Waals surface area contributed by atoms with E-state index in [-0.39, 0.29) is 0 Å². The van der Waals surface area contributed by atoms with Crippen LogP contribution in [0.15, 0.2) is 47.6 Å². The molecule has 0 fully saturated rings. The molecule has 0 spiro atoms. The summed E-state index contributed by atoms with van der Waals surface area (Å²) in [7, 11) is 0. The van der Waals surface area contributed by atoms with Gasteiger partial charge in [0.2, 0.25) is 0 Å². The lowest BCUT2D eigenvalue weighted by Crippen LogP contribution is -1.94. The third kappa shape index (κ3) is 7.07. The molecule has 0 aliphatic carbocycles. The Balaban J connectivity index is 2.33. The standard InChI is InChI=1S/C17H23ClO/c1-14(2)5-4-6-15(3)11-12-19-17-9-7-16(13-18)8-10-17/h5,7-11H,4,6,12-13H2,1-3H3. The van der Waals surface area contributed by atoms with E-state index in [1.807, 2.05) is 24.3 Å². The van der Waals surface area contributed by atoms with Gasteiger partial charge in [-0.25, -0.2) is 0 Å². The first-order chi connectivity index (χ1) is 9.11. The van der Waals surface area contributed by atoms with Crippen molar-refractivity contribution in [2.24, 2.45) is 0 Å². The summed E-state index contributed by atoms with van der Waals surface area (Å²) in [6.45, 7) is 7.04. The Morgan fingerprint density at radius 1 is 1.11 bits per heavy atom. The monoisotopic (exact) mass is 278 g/mol. The lowest BCUT2D eigenvalue weighted by molar-refractivity contribution is 0.361. The molecule has 1 nitrogen and oxygen atoms in total. The van der Waals surface area contributed by atoms with Crippen molar-refractivity contribution in [3.63, 3.8) is 0 Å². The quantitative estimate of drug-likeness (QED) is 0.473. The Morgan fingerprint density at radius 2 is 1.79 bits per heavy atom. The van der Waals surface area contributed by atoms with E-state index in [0.717, 1.165) is 24.2 Å². The van der Waals surface area contributed by atoms with Crippen molar-refractivity contribution in [2.45, 2.75) is 39.5 Å². The van der Waals surface area contributed by atoms with E-state index in [4.69, 9.17) is 16.3 Å². The summed E-state index contributed by atoms with van der Waals surface area (Å²) in [5.41, 5.74) is 3.86. The number of hydrogen-bond acceptors (Lipinski definition) is 1. The fourth-order valence-corrected chi connectivity index (χ4v) is 1.82. The highest BCUT2D eigenvalue weighted by molar-refractivity contribution is 6.17. The summed E-state index contributed by atoms with van der Waals surface area (Å²) in [5, 5.41) is 0. The summed E-state index contributed by atoms with van der Waals surface area (Å²) >= 11 is 5.74. The van der Waals surface area contributed by atoms with Crippen LogP contribution in [0.25, 0.3) is 0 Å². The normalized spacial score (nSPS) is 11.3. The van der Waals surface area contributed by atoms with Gasteiger partial charge in [-0.3, -0.25) is 0 Å². The highest BCUT2D eigenvalue weighted by Crippen LogP contribution is 2.14. The van der Waals surface area contributed by atoms with E-state index in [1.54, 1.807) is 0 Å². The Hall–Kier alpha value is -1.21. The second-order valence-electron chi connectivity index (χ2n) is 4.96. The molecular formula is C17H23ClO. The molecule has 1 aromatic carbocycles. The van der Waals surface area contributed by atoms with Crippen LogP contribution >= 0.6 is 11.6 Å². The zero-order valence-corrected chi connectivity index (χ0v) is 12.8. The molecule has 0 saturated carbocycles. The van der Waals surface area contributed by atoms with Gasteiger partial charge in [-0.2, -0.15) is 0 Å². The summed E-state index contributed by atoms with van der Waals surface area (Å²) in [6.07, 6.45) is 6.62. The maximum absolute atomic E-state index is 5.74. The third-order valence-electron chi connectivity index (χ3n) is 2.85. The number of halogens is 1. The van der Waals surface area contributed by atoms with Gasteiger partial charge in [0, 0.05) is 5.88 Å². The molecule has 1 aromatic rings. The molecule has 0 atom stereocenters. The van der Waals surface area contributed by atoms with Crippen LogP contribution in [-0.4, -0.2) is 6.61 Å². The number of hydrogen-bond donors (Lipinski definition) is 0. The topological polar surface area (TPSA) is 9.23 Å². The van der Waals surface area contributed by atoms with Crippen LogP contribution in [0.2, 0.25) is 0 Å². The second kappa shape index (κ2) is 8.82. The van der Waals surface area contributed by atoms with Crippen LogP contribution in [0.1, 0.15) is 39.2 Å². The number of benzene rings is 1. The van der Waals surface area contributed by atoms with Crippen LogP contribution < -0.4 is 4.74 Å². The first-order valence-corrected chi connectivity index (χ1v) is 7.22. The molecule has 0 N–H and O–H groups in total. The fraction of sp³-hybridized carbons (Fsp3) is 0.412. The van der Waals surface area contributed by atoms with Gasteiger partial charge in [-0.05, 0) is 57.4 Å². The van der Waals surface area contributed by atoms with Crippen LogP contribution in [0.4, 0.5) is 0 Å². The molecule has 0 bridgehead atoms. The van der Waals surface area contributed by atoms with Gasteiger partial charge in [-0.15, -0.1) is 11.6 Å². The van der Waals surface area contributed by atoms with Gasteiger partial charge in [0.1, 0.15) is 12.4 Å². The van der Waals surface area contributed by atoms with Crippen LogP contribution in [-0.2, 0) is 5.88 Å². The zero-order chi connectivity index (χ0) is 14.1. The number of allylic oxidation sites excluding steroid dienone is 3. The lowest BCUT2D eigenvalue weighted by atomic mass is 10.1. The Labute approximate surface area is 121 Å². The second-order valence-corrected chi connectivity index (χ2v) is 5.23. The summed E-state index contributed by atoms with van der Waals surface area (Å²) < 4.78 is 5.67. The van der Waals surface area contributed by atoms with Crippen molar-refractivity contribution < 1.29 is 4.74 Å². The minimum Gasteiger partial charge on any atom is -0.490 e. The Morgan fingerprint density at radius 3 is 2.37 bits per heavy atom. The molecule has 104 valence electrons. The summed E-state index contributed by atoms with van der Waals surface area (Å²) in [4.78, 5) is 0. The molecule has 1 rings (SSSR count). The van der Waals surface area contributed by atoms with Crippen LogP contribution in [0.5, 0.6) is 5.75 Å². The molecule has 0 radical (unpaired) electrons. The van der Waals surface area contributed by atoms with Crippen LogP contribution in [0.3, 0.4) is 0 Å². The van der Waals surface area contributed by atoms with Gasteiger partial charge < -0.3 is 4.74 Å². The predicted molar refractivity (Wildman–Crippen MR) is 83.9 cm³/mol. The summed E-state index contributed by atoms with van der Waals surface area (Å²) in [6, 6.07) is 7.91. The van der Waals surface area contributed by atoms with Crippen molar-refractivity contribution in [3.8, 4) is 5.75 Å². The van der Waals surface area contributed by atoms with E-state index in [2.05, 4.69) is 32.9 Å². The molecule has 0 aromatic heterocycles. The molecule has 0 heterocycles. The average Bonchev–Trinajstić information content (AvgIpc) is 2.39. The van der Waals surface area contributed by atoms with E-state index in [9.17, 15) is 0 Å². The third-order valence-corrected chi connectivity index (χ3v) is 3.16. The van der Waals surface area contributed by atoms with Crippen LogP contribution in [0, 0.1) is 0 Å². The molecule has 0 aliphatic rings. The SMILES string of the molecule is CC(C)=CCCC(C)=CCOc1ccc(CCl)cc1. The van der Waals surface area contributed by atoms with Crippen molar-refractivity contribution in [3.05, 3.63) is 53.1 Å². The molecule has 19 heavy (non-hydrogen) atoms. The van der Waals surface area contributed by atoms with Gasteiger partial charge in [0.15, 0.2) is 0 Å². The van der Waals surface area contributed by atoms with Gasteiger partial charge in [0.25, 0.3) is 0 Å². The van der Waals surface area contributed by atoms with E-state index < -0.39 is 0 Å². The number of ether oxygens (including phenoxy) is 1. The van der Waals surface area contributed by atoms with Crippen molar-refractivity contribution in [1.29, 1.82) is 0 Å². The molecule has 0 amide bonds. The highest BCUT2D eigenvalue weighted by Gasteiger charge is 1.94. The predicted octanol–water partition coefficient (Wildman–Crippen LogP) is 5.50. The maximum Gasteiger partial charge on any atom is 0.119 e. The zero-order valence-electron chi connectivity index (χ0n) is 12.1. The average molecular weight is 279 g/mol. The smallest absolute Gasteiger partial charge is 0.119 e. The number of rotatable bonds is 7. The lowest BCUT2D eigenvalue weighted by Gasteiger charge is -2.05. The largest absolute Gasteiger partial charge is 0.490 e. The van der Waals surface area contributed by atoms with Crippen molar-refractivity contribution in [2.75, 3.05) is 6.61 Å². The molecule has 0 aliphatic heterocycles. The maximum atomic E-state index is 5.74. The molecule has 2 heteroatoms. The minimum atomic E-state index is 0.545. The number of alkyl halides is 1. The molecular weight excluding hydrogens is 256 g/mol. The first kappa shape index (κ1) is 15.8. The van der Waals surface area contributed by atoms with Crippen molar-refractivity contribution >= 4 is 11.6 Å². The fourth-order valence-electron chi connectivity index (χ4n) is 1.65. The van der Waals surface area contributed by atoms with Gasteiger partial charge >= 0.3 is 0 Å². The Kier molecular flexibility index (Phi) is 7.35. The van der Waals surface area contributed by atoms with E-state index >= 15 is 0 Å². The molecule has 0 unspecified atom stereocenters. The van der Waals surface area contributed by atoms with E-state index in [1.165, 1.54) is 11.1 Å². The first-order valence-electron chi connectivity index (χ1n) is 6.68. The molecule has 0 saturated heterocycles.